The third kappa shape index (κ3) is 3.92. The first-order valence-electron chi connectivity index (χ1n) is 8.27. The van der Waals surface area contributed by atoms with Gasteiger partial charge in [0.1, 0.15) is 11.5 Å². The number of carbonyl (C=O) groups is 1. The minimum atomic E-state index is -0.0253. The Morgan fingerprint density at radius 2 is 1.84 bits per heavy atom. The molecule has 2 aromatic rings. The summed E-state index contributed by atoms with van der Waals surface area (Å²) in [6.07, 6.45) is 1.94. The van der Waals surface area contributed by atoms with Crippen LogP contribution in [0.1, 0.15) is 30.0 Å². The van der Waals surface area contributed by atoms with E-state index in [1.54, 1.807) is 31.4 Å². The molecule has 1 amide bonds. The van der Waals surface area contributed by atoms with Gasteiger partial charge in [0.15, 0.2) is 6.61 Å². The average molecular weight is 336 g/mol. The Bertz CT molecular complexity index is 763. The van der Waals surface area contributed by atoms with Crippen LogP contribution in [-0.2, 0) is 4.79 Å². The van der Waals surface area contributed by atoms with Crippen LogP contribution >= 0.6 is 0 Å². The van der Waals surface area contributed by atoms with Gasteiger partial charge in [0.2, 0.25) is 0 Å². The van der Waals surface area contributed by atoms with Crippen LogP contribution in [-0.4, -0.2) is 31.1 Å². The molecule has 1 aliphatic rings. The molecule has 1 heterocycles. The van der Waals surface area contributed by atoms with Gasteiger partial charge in [0.05, 0.1) is 24.8 Å². The molecule has 1 saturated heterocycles. The van der Waals surface area contributed by atoms with Crippen molar-refractivity contribution in [2.75, 3.05) is 20.3 Å². The minimum Gasteiger partial charge on any atom is -0.497 e. The van der Waals surface area contributed by atoms with Crippen molar-refractivity contribution in [1.82, 2.24) is 4.90 Å². The van der Waals surface area contributed by atoms with E-state index >= 15 is 0 Å². The van der Waals surface area contributed by atoms with Gasteiger partial charge in [-0.25, -0.2) is 0 Å². The zero-order valence-electron chi connectivity index (χ0n) is 14.1. The first-order chi connectivity index (χ1) is 12.2. The summed E-state index contributed by atoms with van der Waals surface area (Å²) >= 11 is 0. The summed E-state index contributed by atoms with van der Waals surface area (Å²) in [5.74, 6) is 1.37. The number of rotatable bonds is 5. The number of ether oxygens (including phenoxy) is 2. The molecule has 0 unspecified atom stereocenters. The Morgan fingerprint density at radius 1 is 1.16 bits per heavy atom. The van der Waals surface area contributed by atoms with Crippen LogP contribution in [0.15, 0.2) is 48.5 Å². The lowest BCUT2D eigenvalue weighted by Crippen LogP contribution is -2.34. The van der Waals surface area contributed by atoms with Gasteiger partial charge in [-0.1, -0.05) is 12.1 Å². The number of amides is 1. The van der Waals surface area contributed by atoms with E-state index in [0.29, 0.717) is 11.3 Å². The maximum absolute atomic E-state index is 12.6. The third-order valence-corrected chi connectivity index (χ3v) is 4.42. The second-order valence-electron chi connectivity index (χ2n) is 5.94. The van der Waals surface area contributed by atoms with Crippen LogP contribution in [0.25, 0.3) is 0 Å². The predicted octanol–water partition coefficient (Wildman–Crippen LogP) is 3.31. The lowest BCUT2D eigenvalue weighted by molar-refractivity contribution is -0.134. The van der Waals surface area contributed by atoms with E-state index in [-0.39, 0.29) is 18.6 Å². The Labute approximate surface area is 147 Å². The van der Waals surface area contributed by atoms with E-state index in [1.807, 2.05) is 29.2 Å². The number of nitriles is 1. The summed E-state index contributed by atoms with van der Waals surface area (Å²) in [6, 6.07) is 16.8. The molecule has 3 rings (SSSR count). The Balaban J connectivity index is 1.62. The van der Waals surface area contributed by atoms with E-state index in [2.05, 4.69) is 6.07 Å². The average Bonchev–Trinajstić information content (AvgIpc) is 3.16. The molecule has 1 atom stereocenters. The largest absolute Gasteiger partial charge is 0.497 e. The summed E-state index contributed by atoms with van der Waals surface area (Å²) in [6.45, 7) is 0.741. The standard InChI is InChI=1S/C20H20N2O3/c1-24-17-10-6-16(7-11-17)19-3-2-12-22(19)20(23)14-25-18-8-4-15(13-21)5-9-18/h4-11,19H,2-3,12,14H2,1H3/t19-/m1/s1. The summed E-state index contributed by atoms with van der Waals surface area (Å²) in [5, 5.41) is 8.80. The van der Waals surface area contributed by atoms with E-state index in [0.717, 1.165) is 30.7 Å². The smallest absolute Gasteiger partial charge is 0.261 e. The molecule has 0 bridgehead atoms. The second-order valence-corrected chi connectivity index (χ2v) is 5.94. The second kappa shape index (κ2) is 7.71. The minimum absolute atomic E-state index is 0.00143. The van der Waals surface area contributed by atoms with Crippen molar-refractivity contribution in [1.29, 1.82) is 5.26 Å². The molecule has 1 fully saturated rings. The zero-order valence-corrected chi connectivity index (χ0v) is 14.1. The van der Waals surface area contributed by atoms with Crippen molar-refractivity contribution in [3.05, 3.63) is 59.7 Å². The molecule has 0 aliphatic carbocycles. The van der Waals surface area contributed by atoms with Crippen molar-refractivity contribution in [2.45, 2.75) is 18.9 Å². The first kappa shape index (κ1) is 16.8. The van der Waals surface area contributed by atoms with Gasteiger partial charge in [0.25, 0.3) is 5.91 Å². The van der Waals surface area contributed by atoms with Crippen molar-refractivity contribution in [3.63, 3.8) is 0 Å². The number of carbonyl (C=O) groups excluding carboxylic acids is 1. The van der Waals surface area contributed by atoms with Crippen molar-refractivity contribution >= 4 is 5.91 Å². The fraction of sp³-hybridized carbons (Fsp3) is 0.300. The topological polar surface area (TPSA) is 62.6 Å². The number of hydrogen-bond donors (Lipinski definition) is 0. The van der Waals surface area contributed by atoms with Crippen LogP contribution in [0.4, 0.5) is 0 Å². The monoisotopic (exact) mass is 336 g/mol. The molecule has 0 N–H and O–H groups in total. The van der Waals surface area contributed by atoms with Crippen LogP contribution in [0.5, 0.6) is 11.5 Å². The van der Waals surface area contributed by atoms with Crippen LogP contribution in [0, 0.1) is 11.3 Å². The number of nitrogens with zero attached hydrogens (tertiary/aromatic N) is 2. The number of methoxy groups -OCH3 is 1. The van der Waals surface area contributed by atoms with Gasteiger partial charge in [-0.3, -0.25) is 4.79 Å². The van der Waals surface area contributed by atoms with Crippen LogP contribution < -0.4 is 9.47 Å². The third-order valence-electron chi connectivity index (χ3n) is 4.42. The SMILES string of the molecule is COc1ccc([C@H]2CCCN2C(=O)COc2ccc(C#N)cc2)cc1. The van der Waals surface area contributed by atoms with Gasteiger partial charge in [-0.05, 0) is 54.8 Å². The van der Waals surface area contributed by atoms with E-state index < -0.39 is 0 Å². The maximum atomic E-state index is 12.6. The molecule has 1 aliphatic heterocycles. The normalized spacial score (nSPS) is 16.3. The van der Waals surface area contributed by atoms with Gasteiger partial charge in [-0.2, -0.15) is 5.26 Å². The zero-order chi connectivity index (χ0) is 17.6. The fourth-order valence-electron chi connectivity index (χ4n) is 3.09. The predicted molar refractivity (Wildman–Crippen MR) is 93.3 cm³/mol. The molecule has 128 valence electrons. The quantitative estimate of drug-likeness (QED) is 0.840. The lowest BCUT2D eigenvalue weighted by atomic mass is 10.0. The van der Waals surface area contributed by atoms with Crippen LogP contribution in [0.2, 0.25) is 0 Å². The fourth-order valence-corrected chi connectivity index (χ4v) is 3.09. The highest BCUT2D eigenvalue weighted by Crippen LogP contribution is 2.32. The van der Waals surface area contributed by atoms with Gasteiger partial charge in [0, 0.05) is 6.54 Å². The van der Waals surface area contributed by atoms with Crippen molar-refractivity contribution in [2.24, 2.45) is 0 Å². The van der Waals surface area contributed by atoms with E-state index in [9.17, 15) is 4.79 Å². The summed E-state index contributed by atoms with van der Waals surface area (Å²) in [7, 11) is 1.64. The molecular weight excluding hydrogens is 316 g/mol. The van der Waals surface area contributed by atoms with Crippen molar-refractivity contribution < 1.29 is 14.3 Å². The summed E-state index contributed by atoms with van der Waals surface area (Å²) in [4.78, 5) is 14.5. The molecule has 5 heteroatoms. The molecule has 0 aromatic heterocycles. The highest BCUT2D eigenvalue weighted by atomic mass is 16.5. The molecule has 0 radical (unpaired) electrons. The van der Waals surface area contributed by atoms with E-state index in [4.69, 9.17) is 14.7 Å². The number of benzene rings is 2. The van der Waals surface area contributed by atoms with Gasteiger partial charge < -0.3 is 14.4 Å². The number of hydrogen-bond acceptors (Lipinski definition) is 4. The highest BCUT2D eigenvalue weighted by Gasteiger charge is 2.30. The Hall–Kier alpha value is -3.00. The Kier molecular flexibility index (Phi) is 5.20. The Morgan fingerprint density at radius 3 is 2.48 bits per heavy atom. The highest BCUT2D eigenvalue weighted by molar-refractivity contribution is 5.78. The molecule has 25 heavy (non-hydrogen) atoms. The molecular formula is C20H20N2O3. The molecule has 0 spiro atoms. The van der Waals surface area contributed by atoms with Gasteiger partial charge in [-0.15, -0.1) is 0 Å². The van der Waals surface area contributed by atoms with Crippen LogP contribution in [0.3, 0.4) is 0 Å². The van der Waals surface area contributed by atoms with Gasteiger partial charge >= 0.3 is 0 Å². The lowest BCUT2D eigenvalue weighted by Gasteiger charge is -2.25. The first-order valence-corrected chi connectivity index (χ1v) is 8.27. The summed E-state index contributed by atoms with van der Waals surface area (Å²) < 4.78 is 10.8. The molecule has 5 nitrogen and oxygen atoms in total. The molecule has 2 aromatic carbocycles. The van der Waals surface area contributed by atoms with Crippen molar-refractivity contribution in [3.8, 4) is 17.6 Å². The molecule has 0 saturated carbocycles. The summed E-state index contributed by atoms with van der Waals surface area (Å²) in [5.41, 5.74) is 1.68. The number of likely N-dealkylation sites (tertiary alicyclic amines) is 1. The maximum Gasteiger partial charge on any atom is 0.261 e. The van der Waals surface area contributed by atoms with E-state index in [1.165, 1.54) is 0 Å².